The third kappa shape index (κ3) is 5.93. The Bertz CT molecular complexity index is 1160. The number of hydrogen-bond acceptors (Lipinski definition) is 7. The number of rotatable bonds is 6. The molecule has 3 fully saturated rings. The van der Waals surface area contributed by atoms with Crippen LogP contribution in [0.1, 0.15) is 80.9 Å². The van der Waals surface area contributed by atoms with Crippen LogP contribution in [0.15, 0.2) is 35.3 Å². The highest BCUT2D eigenvalue weighted by molar-refractivity contribution is 7.11. The lowest BCUT2D eigenvalue weighted by molar-refractivity contribution is -0.140. The molecule has 1 N–H and O–H groups in total. The molecule has 10 nitrogen and oxygen atoms in total. The summed E-state index contributed by atoms with van der Waals surface area (Å²) in [4.78, 5) is 36.8. The molecule has 3 aliphatic rings. The lowest BCUT2D eigenvalue weighted by atomic mass is 9.81. The summed E-state index contributed by atoms with van der Waals surface area (Å²) in [5, 5.41) is 15.7. The topological polar surface area (TPSA) is 109 Å². The van der Waals surface area contributed by atoms with Crippen molar-refractivity contribution in [2.45, 2.75) is 89.6 Å². The Morgan fingerprint density at radius 3 is 2.62 bits per heavy atom. The van der Waals surface area contributed by atoms with E-state index in [9.17, 15) is 9.59 Å². The average Bonchev–Trinajstić information content (AvgIpc) is 3.38. The van der Waals surface area contributed by atoms with Gasteiger partial charge in [0.25, 0.3) is 0 Å². The van der Waals surface area contributed by atoms with Crippen LogP contribution >= 0.6 is 11.3 Å². The number of benzene rings is 1. The Labute approximate surface area is 221 Å². The van der Waals surface area contributed by atoms with Crippen LogP contribution in [0.2, 0.25) is 0 Å². The van der Waals surface area contributed by atoms with Gasteiger partial charge in [-0.15, -0.1) is 10.2 Å². The maximum absolute atomic E-state index is 13.1. The Morgan fingerprint density at radius 1 is 1.16 bits per heavy atom. The van der Waals surface area contributed by atoms with E-state index in [1.54, 1.807) is 23.3 Å². The number of aliphatic imine (C=N–C) groups is 1. The Morgan fingerprint density at radius 2 is 1.89 bits per heavy atom. The van der Waals surface area contributed by atoms with Gasteiger partial charge in [0.2, 0.25) is 0 Å². The standard InChI is InChI=1S/C26H34N6O4S/c1-16(28-24(33)36-26(2,3)4)27-19-12-18(13-19)22-29-30-23(37-22)21-11-10-20-14-31(21)25(34)32(20)35-15-17-8-6-5-7-9-17/h5-9,18-21H,10-15H2,1-4H3,(H,27,28,33)/t18-,19-,20-,21+/m1/s1. The molecule has 0 unspecified atom stereocenters. The number of carbonyl (C=O) groups is 2. The first kappa shape index (κ1) is 25.6. The van der Waals surface area contributed by atoms with E-state index in [0.29, 0.717) is 24.9 Å². The summed E-state index contributed by atoms with van der Waals surface area (Å²) in [6.07, 6.45) is 2.93. The number of amidine groups is 1. The van der Waals surface area contributed by atoms with E-state index < -0.39 is 11.7 Å². The molecule has 1 aromatic carbocycles. The van der Waals surface area contributed by atoms with Crippen molar-refractivity contribution in [2.24, 2.45) is 4.99 Å². The first-order valence-corrected chi connectivity index (χ1v) is 13.6. The van der Waals surface area contributed by atoms with E-state index >= 15 is 0 Å². The van der Waals surface area contributed by atoms with Crippen LogP contribution in [0.4, 0.5) is 9.59 Å². The van der Waals surface area contributed by atoms with Gasteiger partial charge in [-0.05, 0) is 58.9 Å². The monoisotopic (exact) mass is 526 g/mol. The Balaban J connectivity index is 1.13. The molecule has 0 radical (unpaired) electrons. The van der Waals surface area contributed by atoms with Gasteiger partial charge in [-0.3, -0.25) is 4.84 Å². The summed E-state index contributed by atoms with van der Waals surface area (Å²) in [5.74, 6) is 0.869. The Kier molecular flexibility index (Phi) is 7.17. The predicted molar refractivity (Wildman–Crippen MR) is 139 cm³/mol. The molecule has 2 aliphatic heterocycles. The SMILES string of the molecule is C/C(=N/C(=O)OC(C)(C)C)N[C@H]1C[C@H](c2nnc([C@@H]3CC[C@@H]4CN3C(=O)N4OCc3ccccc3)s2)C1. The van der Waals surface area contributed by atoms with Crippen molar-refractivity contribution in [3.63, 3.8) is 0 Å². The first-order chi connectivity index (χ1) is 17.7. The molecule has 2 bridgehead atoms. The quantitative estimate of drug-likeness (QED) is 0.425. The number of amides is 3. The van der Waals surface area contributed by atoms with Crippen molar-refractivity contribution in [3.05, 3.63) is 45.9 Å². The van der Waals surface area contributed by atoms with Crippen molar-refractivity contribution >= 4 is 29.3 Å². The molecule has 1 aromatic heterocycles. The van der Waals surface area contributed by atoms with Crippen molar-refractivity contribution in [1.82, 2.24) is 25.5 Å². The van der Waals surface area contributed by atoms with Gasteiger partial charge in [0, 0.05) is 18.5 Å². The number of fused-ring (bicyclic) bond motifs is 2. The van der Waals surface area contributed by atoms with E-state index in [1.165, 1.54) is 0 Å². The normalized spacial score (nSPS) is 25.7. The molecule has 198 valence electrons. The van der Waals surface area contributed by atoms with Gasteiger partial charge >= 0.3 is 12.1 Å². The molecule has 1 saturated carbocycles. The fourth-order valence-electron chi connectivity index (χ4n) is 5.01. The minimum absolute atomic E-state index is 0.0578. The molecule has 37 heavy (non-hydrogen) atoms. The largest absolute Gasteiger partial charge is 0.442 e. The fraction of sp³-hybridized carbons (Fsp3) is 0.577. The number of nitrogens with zero attached hydrogens (tertiary/aromatic N) is 5. The molecule has 3 heterocycles. The molecular formula is C26H34N6O4S. The van der Waals surface area contributed by atoms with Gasteiger partial charge in [0.15, 0.2) is 0 Å². The summed E-state index contributed by atoms with van der Waals surface area (Å²) in [5.41, 5.74) is 0.473. The van der Waals surface area contributed by atoms with E-state index in [0.717, 1.165) is 41.3 Å². The smallest absolute Gasteiger partial charge is 0.435 e. The van der Waals surface area contributed by atoms with Crippen LogP contribution in [-0.4, -0.2) is 62.3 Å². The van der Waals surface area contributed by atoms with E-state index in [1.807, 2.05) is 56.0 Å². The highest BCUT2D eigenvalue weighted by Crippen LogP contribution is 2.43. The van der Waals surface area contributed by atoms with Crippen molar-refractivity contribution in [3.8, 4) is 0 Å². The minimum atomic E-state index is -0.586. The number of piperidine rings is 1. The molecule has 2 saturated heterocycles. The minimum Gasteiger partial charge on any atom is -0.442 e. The maximum atomic E-state index is 13.1. The molecule has 11 heteroatoms. The number of aromatic nitrogens is 2. The molecule has 1 aliphatic carbocycles. The zero-order valence-corrected chi connectivity index (χ0v) is 22.5. The van der Waals surface area contributed by atoms with Crippen LogP contribution < -0.4 is 5.32 Å². The maximum Gasteiger partial charge on any atom is 0.435 e. The van der Waals surface area contributed by atoms with Gasteiger partial charge in [0.05, 0.1) is 12.1 Å². The van der Waals surface area contributed by atoms with Crippen LogP contribution in [0.5, 0.6) is 0 Å². The number of hydrogen-bond donors (Lipinski definition) is 1. The van der Waals surface area contributed by atoms with Crippen LogP contribution in [0.25, 0.3) is 0 Å². The zero-order valence-electron chi connectivity index (χ0n) is 21.7. The number of hydroxylamine groups is 2. The molecule has 2 atom stereocenters. The second-order valence-corrected chi connectivity index (χ2v) is 12.0. The predicted octanol–water partition coefficient (Wildman–Crippen LogP) is 4.80. The molecule has 3 amide bonds. The zero-order chi connectivity index (χ0) is 26.2. The van der Waals surface area contributed by atoms with E-state index in [2.05, 4.69) is 20.5 Å². The van der Waals surface area contributed by atoms with Gasteiger partial charge < -0.3 is 15.0 Å². The summed E-state index contributed by atoms with van der Waals surface area (Å²) in [6, 6.07) is 10.0. The summed E-state index contributed by atoms with van der Waals surface area (Å²) in [6.45, 7) is 8.25. The molecule has 5 rings (SSSR count). The second-order valence-electron chi connectivity index (χ2n) is 10.9. The van der Waals surface area contributed by atoms with Gasteiger partial charge in [-0.25, -0.2) is 9.59 Å². The fourth-order valence-corrected chi connectivity index (χ4v) is 6.12. The van der Waals surface area contributed by atoms with Gasteiger partial charge in [-0.1, -0.05) is 41.7 Å². The van der Waals surface area contributed by atoms with Crippen LogP contribution in [-0.2, 0) is 16.2 Å². The van der Waals surface area contributed by atoms with Crippen molar-refractivity contribution < 1.29 is 19.2 Å². The third-order valence-corrected chi connectivity index (χ3v) is 8.02. The lowest BCUT2D eigenvalue weighted by Crippen LogP contribution is -2.42. The highest BCUT2D eigenvalue weighted by atomic mass is 32.1. The van der Waals surface area contributed by atoms with Crippen molar-refractivity contribution in [1.29, 1.82) is 0 Å². The summed E-state index contributed by atoms with van der Waals surface area (Å²) < 4.78 is 5.24. The molecule has 0 spiro atoms. The molecular weight excluding hydrogens is 492 g/mol. The molecule has 2 aromatic rings. The third-order valence-electron chi connectivity index (χ3n) is 6.83. The summed E-state index contributed by atoms with van der Waals surface area (Å²) in [7, 11) is 0. The van der Waals surface area contributed by atoms with E-state index in [-0.39, 0.29) is 24.2 Å². The van der Waals surface area contributed by atoms with Crippen LogP contribution in [0, 0.1) is 0 Å². The first-order valence-electron chi connectivity index (χ1n) is 12.8. The number of carbonyl (C=O) groups excluding carboxylic acids is 2. The highest BCUT2D eigenvalue weighted by Gasteiger charge is 2.47. The van der Waals surface area contributed by atoms with Crippen molar-refractivity contribution in [2.75, 3.05) is 6.54 Å². The number of nitrogens with one attached hydrogen (secondary N) is 1. The number of urea groups is 1. The lowest BCUT2D eigenvalue weighted by Gasteiger charge is -2.34. The average molecular weight is 527 g/mol. The second kappa shape index (κ2) is 10.4. The van der Waals surface area contributed by atoms with Crippen LogP contribution in [0.3, 0.4) is 0 Å². The summed E-state index contributed by atoms with van der Waals surface area (Å²) >= 11 is 1.60. The van der Waals surface area contributed by atoms with E-state index in [4.69, 9.17) is 9.57 Å². The Hall–Kier alpha value is -3.05. The number of ether oxygens (including phenoxy) is 1. The van der Waals surface area contributed by atoms with Gasteiger partial charge in [0.1, 0.15) is 28.1 Å². The van der Waals surface area contributed by atoms with Gasteiger partial charge in [-0.2, -0.15) is 10.1 Å².